The van der Waals surface area contributed by atoms with Crippen LogP contribution in [-0.4, -0.2) is 36.2 Å². The van der Waals surface area contributed by atoms with Crippen LogP contribution in [0.15, 0.2) is 24.3 Å². The molecule has 0 bridgehead atoms. The van der Waals surface area contributed by atoms with Crippen molar-refractivity contribution in [3.63, 3.8) is 0 Å². The molecule has 1 aromatic carbocycles. The molecular formula is C16H25ClN2O. The molecule has 1 heterocycles. The summed E-state index contributed by atoms with van der Waals surface area (Å²) in [5.74, 6) is 0. The summed E-state index contributed by atoms with van der Waals surface area (Å²) in [4.78, 5) is 2.38. The molecule has 2 rings (SSSR count). The standard InChI is InChI=1S/C16H25ClN2O/c1-12-8-16(11-18,9-13(2)20-12)19(3)10-14-4-6-15(17)7-5-14/h4-7,12-13H,8-11,18H2,1-3H3. The van der Waals surface area contributed by atoms with Crippen molar-refractivity contribution in [2.24, 2.45) is 5.73 Å². The third-order valence-corrected chi connectivity index (χ3v) is 4.57. The van der Waals surface area contributed by atoms with Crippen LogP contribution >= 0.6 is 11.6 Å². The van der Waals surface area contributed by atoms with Crippen molar-refractivity contribution in [2.45, 2.75) is 51.0 Å². The molecule has 2 N–H and O–H groups in total. The summed E-state index contributed by atoms with van der Waals surface area (Å²) in [6.45, 7) is 5.81. The van der Waals surface area contributed by atoms with Crippen LogP contribution in [0.4, 0.5) is 0 Å². The largest absolute Gasteiger partial charge is 0.375 e. The summed E-state index contributed by atoms with van der Waals surface area (Å²) in [6, 6.07) is 8.04. The van der Waals surface area contributed by atoms with Crippen LogP contribution in [0.2, 0.25) is 5.02 Å². The highest BCUT2D eigenvalue weighted by molar-refractivity contribution is 6.30. The number of benzene rings is 1. The molecule has 0 aromatic heterocycles. The van der Waals surface area contributed by atoms with Gasteiger partial charge in [-0.3, -0.25) is 4.90 Å². The molecule has 0 spiro atoms. The number of likely N-dealkylation sites (N-methyl/N-ethyl adjacent to an activating group) is 1. The van der Waals surface area contributed by atoms with Gasteiger partial charge in [-0.15, -0.1) is 0 Å². The van der Waals surface area contributed by atoms with E-state index in [1.165, 1.54) is 5.56 Å². The second-order valence-corrected chi connectivity index (χ2v) is 6.51. The van der Waals surface area contributed by atoms with E-state index < -0.39 is 0 Å². The Morgan fingerprint density at radius 1 is 1.25 bits per heavy atom. The van der Waals surface area contributed by atoms with Gasteiger partial charge in [-0.05, 0) is 51.4 Å². The fraction of sp³-hybridized carbons (Fsp3) is 0.625. The van der Waals surface area contributed by atoms with E-state index in [1.807, 2.05) is 12.1 Å². The van der Waals surface area contributed by atoms with Crippen LogP contribution in [0.5, 0.6) is 0 Å². The van der Waals surface area contributed by atoms with Crippen molar-refractivity contribution in [3.05, 3.63) is 34.9 Å². The number of halogens is 1. The molecule has 1 aliphatic heterocycles. The van der Waals surface area contributed by atoms with Gasteiger partial charge in [-0.2, -0.15) is 0 Å². The van der Waals surface area contributed by atoms with Gasteiger partial charge in [0.15, 0.2) is 0 Å². The topological polar surface area (TPSA) is 38.5 Å². The van der Waals surface area contributed by atoms with Gasteiger partial charge < -0.3 is 10.5 Å². The molecule has 0 saturated carbocycles. The van der Waals surface area contributed by atoms with E-state index in [2.05, 4.69) is 37.9 Å². The number of hydrogen-bond acceptors (Lipinski definition) is 3. The molecule has 1 saturated heterocycles. The fourth-order valence-corrected chi connectivity index (χ4v) is 3.44. The summed E-state index contributed by atoms with van der Waals surface area (Å²) in [6.07, 6.45) is 2.49. The van der Waals surface area contributed by atoms with E-state index in [0.29, 0.717) is 6.54 Å². The number of nitrogens with zero attached hydrogens (tertiary/aromatic N) is 1. The summed E-state index contributed by atoms with van der Waals surface area (Å²) < 4.78 is 5.86. The predicted octanol–water partition coefficient (Wildman–Crippen LogP) is 3.06. The van der Waals surface area contributed by atoms with Crippen LogP contribution in [0.1, 0.15) is 32.3 Å². The van der Waals surface area contributed by atoms with E-state index in [1.54, 1.807) is 0 Å². The molecule has 0 radical (unpaired) electrons. The highest BCUT2D eigenvalue weighted by Gasteiger charge is 2.40. The van der Waals surface area contributed by atoms with Crippen molar-refractivity contribution in [1.82, 2.24) is 4.90 Å². The Hall–Kier alpha value is -0.610. The van der Waals surface area contributed by atoms with Gasteiger partial charge in [0, 0.05) is 23.7 Å². The Morgan fingerprint density at radius 3 is 2.30 bits per heavy atom. The Bertz CT molecular complexity index is 425. The Balaban J connectivity index is 2.11. The Labute approximate surface area is 127 Å². The van der Waals surface area contributed by atoms with Crippen molar-refractivity contribution in [1.29, 1.82) is 0 Å². The minimum Gasteiger partial charge on any atom is -0.375 e. The van der Waals surface area contributed by atoms with E-state index in [0.717, 1.165) is 24.4 Å². The SMILES string of the molecule is CC1CC(CN)(N(C)Cc2ccc(Cl)cc2)CC(C)O1. The van der Waals surface area contributed by atoms with Gasteiger partial charge in [0.05, 0.1) is 12.2 Å². The van der Waals surface area contributed by atoms with Crippen LogP contribution < -0.4 is 5.73 Å². The van der Waals surface area contributed by atoms with E-state index in [9.17, 15) is 0 Å². The molecule has 2 atom stereocenters. The molecule has 1 aliphatic rings. The first-order valence-corrected chi connectivity index (χ1v) is 7.64. The average molecular weight is 297 g/mol. The maximum Gasteiger partial charge on any atom is 0.0568 e. The molecule has 0 amide bonds. The lowest BCUT2D eigenvalue weighted by molar-refractivity contribution is -0.0993. The molecule has 1 aromatic rings. The lowest BCUT2D eigenvalue weighted by Crippen LogP contribution is -2.58. The zero-order chi connectivity index (χ0) is 14.8. The second kappa shape index (κ2) is 6.44. The summed E-state index contributed by atoms with van der Waals surface area (Å²) >= 11 is 5.94. The normalized spacial score (nSPS) is 30.7. The van der Waals surface area contributed by atoms with Crippen LogP contribution in [0, 0.1) is 0 Å². The molecule has 4 heteroatoms. The molecule has 20 heavy (non-hydrogen) atoms. The third kappa shape index (κ3) is 3.53. The molecule has 3 nitrogen and oxygen atoms in total. The van der Waals surface area contributed by atoms with E-state index in [-0.39, 0.29) is 17.7 Å². The summed E-state index contributed by atoms with van der Waals surface area (Å²) in [7, 11) is 2.16. The fourth-order valence-electron chi connectivity index (χ4n) is 3.31. The molecule has 0 aliphatic carbocycles. The lowest BCUT2D eigenvalue weighted by atomic mass is 9.82. The molecule has 1 fully saturated rings. The van der Waals surface area contributed by atoms with Crippen LogP contribution in [0.25, 0.3) is 0 Å². The summed E-state index contributed by atoms with van der Waals surface area (Å²) in [5, 5.41) is 0.776. The smallest absolute Gasteiger partial charge is 0.0568 e. The first kappa shape index (κ1) is 15.8. The number of rotatable bonds is 4. The molecule has 2 unspecified atom stereocenters. The van der Waals surface area contributed by atoms with Crippen LogP contribution in [0.3, 0.4) is 0 Å². The number of nitrogens with two attached hydrogens (primary N) is 1. The maximum absolute atomic E-state index is 6.12. The quantitative estimate of drug-likeness (QED) is 0.928. The van der Waals surface area contributed by atoms with Gasteiger partial charge in [0.1, 0.15) is 0 Å². The first-order chi connectivity index (χ1) is 9.45. The molecular weight excluding hydrogens is 272 g/mol. The lowest BCUT2D eigenvalue weighted by Gasteiger charge is -2.48. The van der Waals surface area contributed by atoms with Crippen LogP contribution in [-0.2, 0) is 11.3 Å². The minimum atomic E-state index is 0.0245. The maximum atomic E-state index is 6.12. The Morgan fingerprint density at radius 2 is 1.80 bits per heavy atom. The van der Waals surface area contributed by atoms with Crippen molar-refractivity contribution in [2.75, 3.05) is 13.6 Å². The highest BCUT2D eigenvalue weighted by Crippen LogP contribution is 2.33. The third-order valence-electron chi connectivity index (χ3n) is 4.32. The van der Waals surface area contributed by atoms with Gasteiger partial charge in [0.2, 0.25) is 0 Å². The van der Waals surface area contributed by atoms with Gasteiger partial charge in [0.25, 0.3) is 0 Å². The molecule has 112 valence electrons. The Kier molecular flexibility index (Phi) is 5.08. The minimum absolute atomic E-state index is 0.0245. The average Bonchev–Trinajstić information content (AvgIpc) is 2.40. The number of ether oxygens (including phenoxy) is 1. The van der Waals surface area contributed by atoms with E-state index >= 15 is 0 Å². The first-order valence-electron chi connectivity index (χ1n) is 7.26. The zero-order valence-electron chi connectivity index (χ0n) is 12.6. The zero-order valence-corrected chi connectivity index (χ0v) is 13.4. The second-order valence-electron chi connectivity index (χ2n) is 6.08. The van der Waals surface area contributed by atoms with Crippen molar-refractivity contribution >= 4 is 11.6 Å². The van der Waals surface area contributed by atoms with Gasteiger partial charge in [-0.1, -0.05) is 23.7 Å². The van der Waals surface area contributed by atoms with Crippen molar-refractivity contribution in [3.8, 4) is 0 Å². The van der Waals surface area contributed by atoms with E-state index in [4.69, 9.17) is 22.1 Å². The summed E-state index contributed by atoms with van der Waals surface area (Å²) in [5.41, 5.74) is 7.41. The monoisotopic (exact) mass is 296 g/mol. The highest BCUT2D eigenvalue weighted by atomic mass is 35.5. The van der Waals surface area contributed by atoms with Gasteiger partial charge in [-0.25, -0.2) is 0 Å². The van der Waals surface area contributed by atoms with Crippen molar-refractivity contribution < 1.29 is 4.74 Å². The predicted molar refractivity (Wildman–Crippen MR) is 83.9 cm³/mol. The van der Waals surface area contributed by atoms with Gasteiger partial charge >= 0.3 is 0 Å². The number of hydrogen-bond donors (Lipinski definition) is 1.